The monoisotopic (exact) mass is 362 g/mol. The van der Waals surface area contributed by atoms with Gasteiger partial charge in [0, 0.05) is 31.8 Å². The highest BCUT2D eigenvalue weighted by molar-refractivity contribution is 5.94. The Labute approximate surface area is 155 Å². The molecule has 0 radical (unpaired) electrons. The summed E-state index contributed by atoms with van der Waals surface area (Å²) in [5.41, 5.74) is 7.54. The van der Waals surface area contributed by atoms with Crippen molar-refractivity contribution < 1.29 is 14.3 Å². The topological polar surface area (TPSA) is 89.2 Å². The number of rotatable bonds is 6. The number of guanidine groups is 1. The number of ether oxygens (including phenoxy) is 2. The molecule has 0 bridgehead atoms. The van der Waals surface area contributed by atoms with E-state index < -0.39 is 0 Å². The van der Waals surface area contributed by atoms with Gasteiger partial charge in [-0.1, -0.05) is 12.1 Å². The number of benzene rings is 1. The summed E-state index contributed by atoms with van der Waals surface area (Å²) >= 11 is 0. The maximum atomic E-state index is 12.7. The molecule has 2 rings (SSSR count). The fourth-order valence-electron chi connectivity index (χ4n) is 3.05. The van der Waals surface area contributed by atoms with Gasteiger partial charge in [0.05, 0.1) is 25.4 Å². The van der Waals surface area contributed by atoms with E-state index in [-0.39, 0.29) is 24.2 Å². The van der Waals surface area contributed by atoms with Crippen molar-refractivity contribution in [2.45, 2.75) is 45.6 Å². The normalized spacial score (nSPS) is 22.2. The molecule has 1 aliphatic heterocycles. The second-order valence-corrected chi connectivity index (χ2v) is 6.87. The minimum Gasteiger partial charge on any atom is -0.383 e. The zero-order chi connectivity index (χ0) is 19.1. The molecule has 7 nitrogen and oxygen atoms in total. The number of hydrogen-bond donors (Lipinski definition) is 2. The number of aliphatic imine (C=N–C) groups is 1. The van der Waals surface area contributed by atoms with E-state index in [0.717, 1.165) is 5.56 Å². The maximum Gasteiger partial charge on any atom is 0.254 e. The summed E-state index contributed by atoms with van der Waals surface area (Å²) in [6.07, 6.45) is 0.125. The number of nitrogens with zero attached hydrogens (tertiary/aromatic N) is 2. The van der Waals surface area contributed by atoms with Crippen LogP contribution in [0, 0.1) is 0 Å². The van der Waals surface area contributed by atoms with Gasteiger partial charge >= 0.3 is 0 Å². The van der Waals surface area contributed by atoms with Crippen molar-refractivity contribution in [2.75, 3.05) is 26.8 Å². The van der Waals surface area contributed by atoms with E-state index in [9.17, 15) is 4.79 Å². The van der Waals surface area contributed by atoms with Gasteiger partial charge in [0.2, 0.25) is 0 Å². The van der Waals surface area contributed by atoms with Crippen molar-refractivity contribution in [2.24, 2.45) is 10.7 Å². The van der Waals surface area contributed by atoms with Crippen molar-refractivity contribution in [3.63, 3.8) is 0 Å². The Balaban J connectivity index is 1.92. The number of carbonyl (C=O) groups excluding carboxylic acids is 1. The molecule has 144 valence electrons. The smallest absolute Gasteiger partial charge is 0.254 e. The molecule has 1 amide bonds. The van der Waals surface area contributed by atoms with E-state index >= 15 is 0 Å². The summed E-state index contributed by atoms with van der Waals surface area (Å²) in [4.78, 5) is 18.8. The first-order valence-electron chi connectivity index (χ1n) is 8.98. The van der Waals surface area contributed by atoms with Gasteiger partial charge < -0.3 is 25.4 Å². The minimum atomic E-state index is 0.0385. The summed E-state index contributed by atoms with van der Waals surface area (Å²) < 4.78 is 10.7. The number of hydrogen-bond acceptors (Lipinski definition) is 4. The third-order valence-corrected chi connectivity index (χ3v) is 4.15. The SMILES string of the molecule is COCC(C)NC(N)=NCc1ccc(C(=O)N2CC(C)OC(C)C2)cc1. The number of carbonyl (C=O) groups is 1. The summed E-state index contributed by atoms with van der Waals surface area (Å²) in [6, 6.07) is 7.61. The standard InChI is InChI=1S/C19H30N4O3/c1-13(12-25-4)22-19(20)21-9-16-5-7-17(8-6-16)18(24)23-10-14(2)26-15(3)11-23/h5-8,13-15H,9-12H2,1-4H3,(H3,20,21,22). The van der Waals surface area contributed by atoms with E-state index in [1.165, 1.54) is 0 Å². The molecule has 1 heterocycles. The second-order valence-electron chi connectivity index (χ2n) is 6.87. The molecule has 0 saturated carbocycles. The number of amides is 1. The van der Waals surface area contributed by atoms with Gasteiger partial charge in [-0.15, -0.1) is 0 Å². The molecule has 3 unspecified atom stereocenters. The van der Waals surface area contributed by atoms with Gasteiger partial charge in [-0.2, -0.15) is 0 Å². The van der Waals surface area contributed by atoms with Gasteiger partial charge in [-0.3, -0.25) is 4.79 Å². The van der Waals surface area contributed by atoms with E-state index in [1.807, 2.05) is 49.9 Å². The van der Waals surface area contributed by atoms with Crippen molar-refractivity contribution in [3.8, 4) is 0 Å². The first-order chi connectivity index (χ1) is 12.4. The Morgan fingerprint density at radius 1 is 1.35 bits per heavy atom. The Morgan fingerprint density at radius 2 is 1.96 bits per heavy atom. The second kappa shape index (κ2) is 9.54. The average molecular weight is 362 g/mol. The van der Waals surface area contributed by atoms with Crippen LogP contribution in [0.3, 0.4) is 0 Å². The van der Waals surface area contributed by atoms with Gasteiger partial charge in [0.25, 0.3) is 5.91 Å². The molecule has 1 aromatic carbocycles. The minimum absolute atomic E-state index is 0.0385. The quantitative estimate of drug-likeness (QED) is 0.589. The van der Waals surface area contributed by atoms with E-state index in [4.69, 9.17) is 15.2 Å². The summed E-state index contributed by atoms with van der Waals surface area (Å²) in [5.74, 6) is 0.419. The molecule has 1 aliphatic rings. The molecule has 0 spiro atoms. The first-order valence-corrected chi connectivity index (χ1v) is 8.98. The van der Waals surface area contributed by atoms with Crippen LogP contribution in [0.25, 0.3) is 0 Å². The average Bonchev–Trinajstić information content (AvgIpc) is 2.59. The van der Waals surface area contributed by atoms with Crippen LogP contribution >= 0.6 is 0 Å². The lowest BCUT2D eigenvalue weighted by molar-refractivity contribution is -0.0586. The highest BCUT2D eigenvalue weighted by Crippen LogP contribution is 2.15. The van der Waals surface area contributed by atoms with Crippen LogP contribution in [0.2, 0.25) is 0 Å². The van der Waals surface area contributed by atoms with E-state index in [0.29, 0.717) is 37.8 Å². The molecular weight excluding hydrogens is 332 g/mol. The van der Waals surface area contributed by atoms with Gasteiger partial charge in [-0.05, 0) is 38.5 Å². The zero-order valence-electron chi connectivity index (χ0n) is 16.1. The van der Waals surface area contributed by atoms with E-state index in [1.54, 1.807) is 7.11 Å². The van der Waals surface area contributed by atoms with Crippen LogP contribution in [0.1, 0.15) is 36.7 Å². The van der Waals surface area contributed by atoms with Gasteiger partial charge in [-0.25, -0.2) is 4.99 Å². The lowest BCUT2D eigenvalue weighted by atomic mass is 10.1. The van der Waals surface area contributed by atoms with Crippen LogP contribution in [0.4, 0.5) is 0 Å². The molecule has 0 aliphatic carbocycles. The lowest BCUT2D eigenvalue weighted by Crippen LogP contribution is -2.48. The number of methoxy groups -OCH3 is 1. The highest BCUT2D eigenvalue weighted by atomic mass is 16.5. The third kappa shape index (κ3) is 6.00. The predicted molar refractivity (Wildman–Crippen MR) is 102 cm³/mol. The van der Waals surface area contributed by atoms with Crippen molar-refractivity contribution in [3.05, 3.63) is 35.4 Å². The van der Waals surface area contributed by atoms with Crippen LogP contribution < -0.4 is 11.1 Å². The molecule has 1 saturated heterocycles. The largest absolute Gasteiger partial charge is 0.383 e. The Bertz CT molecular complexity index is 608. The molecule has 0 aromatic heterocycles. The summed E-state index contributed by atoms with van der Waals surface area (Å²) in [5, 5.41) is 3.06. The summed E-state index contributed by atoms with van der Waals surface area (Å²) in [6.45, 7) is 8.21. The first kappa shape index (κ1) is 20.2. The Kier molecular flexibility index (Phi) is 7.41. The van der Waals surface area contributed by atoms with Crippen molar-refractivity contribution in [1.29, 1.82) is 0 Å². The molecular formula is C19H30N4O3. The Hall–Kier alpha value is -2.12. The van der Waals surface area contributed by atoms with Crippen LogP contribution in [0.5, 0.6) is 0 Å². The molecule has 1 fully saturated rings. The molecule has 7 heteroatoms. The molecule has 3 N–H and O–H groups in total. The fourth-order valence-corrected chi connectivity index (χ4v) is 3.05. The predicted octanol–water partition coefficient (Wildman–Crippen LogP) is 1.38. The molecule has 1 aromatic rings. The van der Waals surface area contributed by atoms with Gasteiger partial charge in [0.15, 0.2) is 5.96 Å². The van der Waals surface area contributed by atoms with Crippen molar-refractivity contribution >= 4 is 11.9 Å². The summed E-state index contributed by atoms with van der Waals surface area (Å²) in [7, 11) is 1.65. The highest BCUT2D eigenvalue weighted by Gasteiger charge is 2.26. The molecule has 3 atom stereocenters. The Morgan fingerprint density at radius 3 is 2.54 bits per heavy atom. The number of nitrogens with two attached hydrogens (primary N) is 1. The third-order valence-electron chi connectivity index (χ3n) is 4.15. The van der Waals surface area contributed by atoms with Crippen LogP contribution in [-0.4, -0.2) is 61.8 Å². The lowest BCUT2D eigenvalue weighted by Gasteiger charge is -2.35. The van der Waals surface area contributed by atoms with E-state index in [2.05, 4.69) is 10.3 Å². The van der Waals surface area contributed by atoms with Crippen molar-refractivity contribution in [1.82, 2.24) is 10.2 Å². The van der Waals surface area contributed by atoms with Crippen LogP contribution in [0.15, 0.2) is 29.3 Å². The zero-order valence-corrected chi connectivity index (χ0v) is 16.1. The fraction of sp³-hybridized carbons (Fsp3) is 0.579. The number of nitrogens with one attached hydrogen (secondary N) is 1. The maximum absolute atomic E-state index is 12.7. The van der Waals surface area contributed by atoms with Gasteiger partial charge in [0.1, 0.15) is 0 Å². The van der Waals surface area contributed by atoms with Crippen LogP contribution in [-0.2, 0) is 16.0 Å². The number of morpholine rings is 1. The molecule has 26 heavy (non-hydrogen) atoms.